The van der Waals surface area contributed by atoms with E-state index in [-0.39, 0.29) is 0 Å². The first-order chi connectivity index (χ1) is 5.16. The second kappa shape index (κ2) is 6.28. The smallest absolute Gasteiger partial charge is 0.00911 e. The fraction of sp³-hybridized carbons (Fsp3) is 0.727. The molecule has 0 aliphatic rings. The highest BCUT2D eigenvalue weighted by molar-refractivity contribution is 4.94. The lowest BCUT2D eigenvalue weighted by atomic mass is 9.95. The molecule has 0 bridgehead atoms. The molecule has 0 nitrogen and oxygen atoms in total. The summed E-state index contributed by atoms with van der Waals surface area (Å²) in [5.74, 6) is 7.36. The first-order valence-electron chi connectivity index (χ1n) is 4.39. The Labute approximate surface area is 71.4 Å². The summed E-state index contributed by atoms with van der Waals surface area (Å²) in [6.07, 6.45) is 3.50. The van der Waals surface area contributed by atoms with Gasteiger partial charge < -0.3 is 0 Å². The zero-order valence-corrected chi connectivity index (χ0v) is 7.98. The van der Waals surface area contributed by atoms with E-state index in [2.05, 4.69) is 32.6 Å². The Morgan fingerprint density at radius 3 is 2.45 bits per heavy atom. The number of rotatable bonds is 4. The molecule has 0 rings (SSSR count). The fourth-order valence-corrected chi connectivity index (χ4v) is 1.25. The van der Waals surface area contributed by atoms with E-state index in [9.17, 15) is 0 Å². The molecule has 0 spiro atoms. The van der Waals surface area contributed by atoms with Gasteiger partial charge in [-0.25, -0.2) is 0 Å². The Kier molecular flexibility index (Phi) is 6.03. The third-order valence-electron chi connectivity index (χ3n) is 1.74. The van der Waals surface area contributed by atoms with E-state index in [1.165, 1.54) is 12.8 Å². The van der Waals surface area contributed by atoms with Crippen molar-refractivity contribution in [3.63, 3.8) is 0 Å². The fourth-order valence-electron chi connectivity index (χ4n) is 1.25. The quantitative estimate of drug-likeness (QED) is 0.541. The molecule has 1 radical (unpaired) electrons. The standard InChI is InChI=1S/C11H19/c1-5-6-7-8-11(4)9-10(2)3/h10-11H,2,7-9H2,1,3-4H3. The molecule has 0 aliphatic carbocycles. The van der Waals surface area contributed by atoms with Crippen LogP contribution in [0.1, 0.15) is 40.0 Å². The van der Waals surface area contributed by atoms with Crippen LogP contribution in [0.2, 0.25) is 0 Å². The molecule has 0 saturated heterocycles. The van der Waals surface area contributed by atoms with Crippen LogP contribution in [0.4, 0.5) is 0 Å². The summed E-state index contributed by atoms with van der Waals surface area (Å²) in [5, 5.41) is 0. The predicted octanol–water partition coefficient (Wildman–Crippen LogP) is 3.29. The molecular formula is C11H19. The molecule has 0 heterocycles. The Balaban J connectivity index is 3.34. The predicted molar refractivity (Wildman–Crippen MR) is 51.0 cm³/mol. The summed E-state index contributed by atoms with van der Waals surface area (Å²) >= 11 is 0. The third-order valence-corrected chi connectivity index (χ3v) is 1.74. The summed E-state index contributed by atoms with van der Waals surface area (Å²) < 4.78 is 0. The van der Waals surface area contributed by atoms with Crippen LogP contribution < -0.4 is 0 Å². The van der Waals surface area contributed by atoms with Gasteiger partial charge in [-0.1, -0.05) is 20.8 Å². The van der Waals surface area contributed by atoms with Gasteiger partial charge in [-0.15, -0.1) is 11.8 Å². The lowest BCUT2D eigenvalue weighted by Gasteiger charge is -2.11. The maximum Gasteiger partial charge on any atom is 0.00911 e. The minimum Gasteiger partial charge on any atom is -0.107 e. The van der Waals surface area contributed by atoms with Crippen molar-refractivity contribution in [2.75, 3.05) is 0 Å². The Hall–Kier alpha value is -0.440. The molecule has 0 aromatic rings. The third kappa shape index (κ3) is 7.46. The van der Waals surface area contributed by atoms with Crippen molar-refractivity contribution >= 4 is 0 Å². The monoisotopic (exact) mass is 151 g/mol. The highest BCUT2D eigenvalue weighted by Crippen LogP contribution is 2.15. The van der Waals surface area contributed by atoms with Gasteiger partial charge in [0.25, 0.3) is 0 Å². The zero-order chi connectivity index (χ0) is 8.69. The maximum atomic E-state index is 3.97. The molecule has 0 fully saturated rings. The van der Waals surface area contributed by atoms with Crippen LogP contribution in [-0.4, -0.2) is 0 Å². The van der Waals surface area contributed by atoms with Crippen LogP contribution in [0.25, 0.3) is 0 Å². The molecule has 0 amide bonds. The molecule has 2 atom stereocenters. The minimum absolute atomic E-state index is 0.583. The Bertz CT molecular complexity index is 134. The van der Waals surface area contributed by atoms with Crippen LogP contribution >= 0.6 is 0 Å². The van der Waals surface area contributed by atoms with Gasteiger partial charge in [0.1, 0.15) is 0 Å². The minimum atomic E-state index is 0.583. The SMILES string of the molecule is [CH2]C(C)CC(C)CCC#CC. The lowest BCUT2D eigenvalue weighted by Crippen LogP contribution is -1.99. The van der Waals surface area contributed by atoms with Crippen molar-refractivity contribution < 1.29 is 0 Å². The summed E-state index contributed by atoms with van der Waals surface area (Å²) in [5.41, 5.74) is 0. The molecule has 0 saturated carbocycles. The van der Waals surface area contributed by atoms with Gasteiger partial charge in [0.15, 0.2) is 0 Å². The topological polar surface area (TPSA) is 0 Å². The molecule has 0 N–H and O–H groups in total. The molecular weight excluding hydrogens is 132 g/mol. The molecule has 63 valence electrons. The first-order valence-corrected chi connectivity index (χ1v) is 4.39. The van der Waals surface area contributed by atoms with E-state index < -0.39 is 0 Å². The second-order valence-corrected chi connectivity index (χ2v) is 3.41. The Morgan fingerprint density at radius 2 is 2.00 bits per heavy atom. The van der Waals surface area contributed by atoms with E-state index in [1.54, 1.807) is 0 Å². The molecule has 0 aromatic carbocycles. The van der Waals surface area contributed by atoms with Crippen molar-refractivity contribution in [2.24, 2.45) is 11.8 Å². The molecule has 0 heteroatoms. The molecule has 11 heavy (non-hydrogen) atoms. The highest BCUT2D eigenvalue weighted by Gasteiger charge is 2.02. The first kappa shape index (κ1) is 10.6. The van der Waals surface area contributed by atoms with Gasteiger partial charge in [0.05, 0.1) is 0 Å². The van der Waals surface area contributed by atoms with Crippen LogP contribution in [0.5, 0.6) is 0 Å². The second-order valence-electron chi connectivity index (χ2n) is 3.41. The van der Waals surface area contributed by atoms with Crippen molar-refractivity contribution in [3.8, 4) is 11.8 Å². The van der Waals surface area contributed by atoms with Crippen molar-refractivity contribution in [1.29, 1.82) is 0 Å². The maximum absolute atomic E-state index is 3.97. The lowest BCUT2D eigenvalue weighted by molar-refractivity contribution is 0.442. The van der Waals surface area contributed by atoms with Gasteiger partial charge in [-0.05, 0) is 31.6 Å². The van der Waals surface area contributed by atoms with Crippen LogP contribution in [-0.2, 0) is 0 Å². The van der Waals surface area contributed by atoms with E-state index in [0.29, 0.717) is 5.92 Å². The van der Waals surface area contributed by atoms with Crippen molar-refractivity contribution in [3.05, 3.63) is 6.92 Å². The van der Waals surface area contributed by atoms with Crippen LogP contribution in [0.3, 0.4) is 0 Å². The number of hydrogen-bond acceptors (Lipinski definition) is 0. The van der Waals surface area contributed by atoms with Crippen molar-refractivity contribution in [2.45, 2.75) is 40.0 Å². The van der Waals surface area contributed by atoms with Gasteiger partial charge in [0, 0.05) is 6.42 Å². The van der Waals surface area contributed by atoms with E-state index in [4.69, 9.17) is 0 Å². The number of hydrogen-bond donors (Lipinski definition) is 0. The van der Waals surface area contributed by atoms with E-state index in [1.807, 2.05) is 6.92 Å². The van der Waals surface area contributed by atoms with Gasteiger partial charge in [0.2, 0.25) is 0 Å². The summed E-state index contributed by atoms with van der Waals surface area (Å²) in [6, 6.07) is 0. The van der Waals surface area contributed by atoms with Gasteiger partial charge in [-0.2, -0.15) is 0 Å². The van der Waals surface area contributed by atoms with Crippen LogP contribution in [0.15, 0.2) is 0 Å². The van der Waals surface area contributed by atoms with E-state index in [0.717, 1.165) is 12.3 Å². The van der Waals surface area contributed by atoms with Gasteiger partial charge >= 0.3 is 0 Å². The average Bonchev–Trinajstić information content (AvgIpc) is 1.86. The van der Waals surface area contributed by atoms with E-state index >= 15 is 0 Å². The average molecular weight is 151 g/mol. The zero-order valence-electron chi connectivity index (χ0n) is 7.98. The largest absolute Gasteiger partial charge is 0.107 e. The molecule has 0 aliphatic heterocycles. The summed E-state index contributed by atoms with van der Waals surface area (Å²) in [7, 11) is 0. The van der Waals surface area contributed by atoms with Crippen molar-refractivity contribution in [1.82, 2.24) is 0 Å². The Morgan fingerprint density at radius 1 is 1.36 bits per heavy atom. The summed E-state index contributed by atoms with van der Waals surface area (Å²) in [6.45, 7) is 10.3. The normalized spacial score (nSPS) is 12.5. The molecule has 2 unspecified atom stereocenters. The highest BCUT2D eigenvalue weighted by atomic mass is 14.1. The van der Waals surface area contributed by atoms with Gasteiger partial charge in [-0.3, -0.25) is 0 Å². The molecule has 0 aromatic heterocycles. The van der Waals surface area contributed by atoms with Crippen LogP contribution in [0, 0.1) is 30.6 Å². The summed E-state index contributed by atoms with van der Waals surface area (Å²) in [4.78, 5) is 0.